The molecule has 0 bridgehead atoms. The molecular weight excluding hydrogens is 468 g/mol. The third kappa shape index (κ3) is 3.25. The summed E-state index contributed by atoms with van der Waals surface area (Å²) in [6.45, 7) is 4.68. The lowest BCUT2D eigenvalue weighted by atomic mass is 9.95. The van der Waals surface area contributed by atoms with Crippen molar-refractivity contribution in [2.45, 2.75) is 38.5 Å². The molecule has 2 atom stereocenters. The van der Waals surface area contributed by atoms with Gasteiger partial charge in [-0.1, -0.05) is 54.0 Å². The van der Waals surface area contributed by atoms with Crippen LogP contribution in [0.2, 0.25) is 0 Å². The van der Waals surface area contributed by atoms with Gasteiger partial charge in [0, 0.05) is 27.6 Å². The highest BCUT2D eigenvalue weighted by Gasteiger charge is 2.41. The number of halogens is 1. The highest BCUT2D eigenvalue weighted by atomic mass is 79.9. The maximum absolute atomic E-state index is 6.50. The predicted molar refractivity (Wildman–Crippen MR) is 126 cm³/mol. The molecule has 0 spiro atoms. The van der Waals surface area contributed by atoms with Crippen LogP contribution in [0.15, 0.2) is 70.2 Å². The highest BCUT2D eigenvalue weighted by molar-refractivity contribution is 9.10. The zero-order chi connectivity index (χ0) is 21.8. The van der Waals surface area contributed by atoms with E-state index in [2.05, 4.69) is 71.2 Å². The van der Waals surface area contributed by atoms with Crippen molar-refractivity contribution < 1.29 is 14.2 Å². The van der Waals surface area contributed by atoms with Crippen LogP contribution in [-0.2, 0) is 0 Å². The highest BCUT2D eigenvalue weighted by Crippen LogP contribution is 2.48. The van der Waals surface area contributed by atoms with Crippen LogP contribution in [0.5, 0.6) is 17.2 Å². The third-order valence-corrected chi connectivity index (χ3v) is 6.84. The Kier molecular flexibility index (Phi) is 4.65. The van der Waals surface area contributed by atoms with Gasteiger partial charge in [-0.05, 0) is 47.9 Å². The molecule has 0 aromatic heterocycles. The Morgan fingerprint density at radius 3 is 2.53 bits per heavy atom. The Bertz CT molecular complexity index is 1220. The quantitative estimate of drug-likeness (QED) is 0.417. The molecule has 0 saturated carbocycles. The average molecular weight is 491 g/mol. The molecule has 0 unspecified atom stereocenters. The number of hydrazone groups is 1. The summed E-state index contributed by atoms with van der Waals surface area (Å²) >= 11 is 3.62. The number of rotatable bonds is 3. The molecule has 0 N–H and O–H groups in total. The summed E-state index contributed by atoms with van der Waals surface area (Å²) in [7, 11) is 0. The van der Waals surface area contributed by atoms with Crippen LogP contribution in [0.4, 0.5) is 0 Å². The van der Waals surface area contributed by atoms with E-state index in [4.69, 9.17) is 19.3 Å². The number of nitrogens with zero attached hydrogens (tertiary/aromatic N) is 2. The van der Waals surface area contributed by atoms with Crippen LogP contribution in [0, 0.1) is 0 Å². The van der Waals surface area contributed by atoms with E-state index in [1.165, 1.54) is 5.56 Å². The first-order chi connectivity index (χ1) is 15.6. The molecule has 162 valence electrons. The summed E-state index contributed by atoms with van der Waals surface area (Å²) in [5.74, 6) is 2.96. The lowest BCUT2D eigenvalue weighted by molar-refractivity contribution is -0.0190. The van der Waals surface area contributed by atoms with Crippen molar-refractivity contribution in [3.05, 3.63) is 87.4 Å². The molecule has 3 aromatic carbocycles. The Morgan fingerprint density at radius 1 is 0.938 bits per heavy atom. The first-order valence-electron chi connectivity index (χ1n) is 10.9. The molecule has 32 heavy (non-hydrogen) atoms. The molecule has 0 radical (unpaired) electrons. The molecule has 3 heterocycles. The first kappa shape index (κ1) is 19.7. The van der Waals surface area contributed by atoms with Crippen LogP contribution in [0.1, 0.15) is 60.7 Å². The number of hydrogen-bond acceptors (Lipinski definition) is 5. The van der Waals surface area contributed by atoms with Gasteiger partial charge >= 0.3 is 0 Å². The smallest absolute Gasteiger partial charge is 0.231 e. The first-order valence-corrected chi connectivity index (χ1v) is 11.7. The molecule has 0 aliphatic carbocycles. The van der Waals surface area contributed by atoms with Crippen molar-refractivity contribution in [3.8, 4) is 17.2 Å². The van der Waals surface area contributed by atoms with Crippen molar-refractivity contribution >= 4 is 21.6 Å². The third-order valence-electron chi connectivity index (χ3n) is 6.35. The zero-order valence-electron chi connectivity index (χ0n) is 17.9. The summed E-state index contributed by atoms with van der Waals surface area (Å²) in [4.78, 5) is 0. The number of fused-ring (bicyclic) bond motifs is 4. The zero-order valence-corrected chi connectivity index (χ0v) is 19.5. The maximum atomic E-state index is 6.50. The fourth-order valence-electron chi connectivity index (χ4n) is 4.57. The van der Waals surface area contributed by atoms with Gasteiger partial charge in [-0.25, -0.2) is 5.01 Å². The van der Waals surface area contributed by atoms with Gasteiger partial charge in [0.25, 0.3) is 0 Å². The van der Waals surface area contributed by atoms with Crippen molar-refractivity contribution in [1.29, 1.82) is 0 Å². The Balaban J connectivity index is 1.41. The lowest BCUT2D eigenvalue weighted by Crippen LogP contribution is -2.33. The minimum Gasteiger partial charge on any atom is -0.464 e. The normalized spacial score (nSPS) is 20.6. The predicted octanol–water partition coefficient (Wildman–Crippen LogP) is 6.54. The van der Waals surface area contributed by atoms with Crippen molar-refractivity contribution in [2.24, 2.45) is 5.10 Å². The molecule has 0 amide bonds. The summed E-state index contributed by atoms with van der Waals surface area (Å²) in [6.07, 6.45) is 0.522. The van der Waals surface area contributed by atoms with Gasteiger partial charge in [-0.2, -0.15) is 5.10 Å². The van der Waals surface area contributed by atoms with Crippen LogP contribution in [0.25, 0.3) is 0 Å². The van der Waals surface area contributed by atoms with Gasteiger partial charge in [-0.15, -0.1) is 0 Å². The van der Waals surface area contributed by atoms with E-state index in [1.54, 1.807) is 0 Å². The molecule has 3 aliphatic heterocycles. The second kappa shape index (κ2) is 7.55. The lowest BCUT2D eigenvalue weighted by Gasteiger charge is -2.38. The van der Waals surface area contributed by atoms with Gasteiger partial charge in [0.1, 0.15) is 5.75 Å². The number of benzene rings is 3. The van der Waals surface area contributed by atoms with Crippen LogP contribution in [0.3, 0.4) is 0 Å². The molecular formula is C26H23BrN2O3. The molecule has 0 fully saturated rings. The second-order valence-corrected chi connectivity index (χ2v) is 9.60. The van der Waals surface area contributed by atoms with E-state index in [9.17, 15) is 0 Å². The van der Waals surface area contributed by atoms with Crippen molar-refractivity contribution in [2.75, 3.05) is 6.79 Å². The van der Waals surface area contributed by atoms with Crippen molar-refractivity contribution in [1.82, 2.24) is 5.01 Å². The standard InChI is InChI=1S/C26H23BrN2O3/c1-15(2)16-3-5-17(6-4-16)26-29-22(20-12-19(27)8-10-23(20)32-26)13-21(28-29)18-7-9-24-25(11-18)31-14-30-24/h3-12,15,22,26H,13-14H2,1-2H3/t22-,26-/m1/s1. The van der Waals surface area contributed by atoms with E-state index in [-0.39, 0.29) is 19.1 Å². The average Bonchev–Trinajstić information content (AvgIpc) is 3.45. The molecule has 3 aliphatic rings. The van der Waals surface area contributed by atoms with Gasteiger partial charge in [0.2, 0.25) is 13.0 Å². The Labute approximate surface area is 195 Å². The maximum Gasteiger partial charge on any atom is 0.231 e. The molecule has 0 saturated heterocycles. The Morgan fingerprint density at radius 2 is 1.72 bits per heavy atom. The minimum absolute atomic E-state index is 0.103. The van der Waals surface area contributed by atoms with Gasteiger partial charge < -0.3 is 14.2 Å². The Hall–Kier alpha value is -2.99. The fourth-order valence-corrected chi connectivity index (χ4v) is 4.95. The fraction of sp³-hybridized carbons (Fsp3) is 0.269. The molecule has 5 nitrogen and oxygen atoms in total. The molecule has 6 heteroatoms. The van der Waals surface area contributed by atoms with Gasteiger partial charge in [0.05, 0.1) is 11.8 Å². The van der Waals surface area contributed by atoms with E-state index >= 15 is 0 Å². The largest absolute Gasteiger partial charge is 0.464 e. The summed E-state index contributed by atoms with van der Waals surface area (Å²) < 4.78 is 18.6. The number of hydrogen-bond donors (Lipinski definition) is 0. The van der Waals surface area contributed by atoms with Crippen LogP contribution < -0.4 is 14.2 Å². The SMILES string of the molecule is CC(C)c1ccc([C@H]2Oc3ccc(Br)cc3[C@H]3CC(c4ccc5c(c4)OCO5)=NN32)cc1. The minimum atomic E-state index is -0.276. The monoisotopic (exact) mass is 490 g/mol. The van der Waals surface area contributed by atoms with Crippen molar-refractivity contribution in [3.63, 3.8) is 0 Å². The van der Waals surface area contributed by atoms with E-state index in [0.29, 0.717) is 5.92 Å². The topological polar surface area (TPSA) is 43.3 Å². The van der Waals surface area contributed by atoms with E-state index < -0.39 is 0 Å². The van der Waals surface area contributed by atoms with E-state index in [1.807, 2.05) is 24.3 Å². The molecule has 3 aromatic rings. The van der Waals surface area contributed by atoms with E-state index in [0.717, 1.165) is 50.5 Å². The second-order valence-electron chi connectivity index (χ2n) is 8.69. The van der Waals surface area contributed by atoms with Crippen LogP contribution >= 0.6 is 15.9 Å². The van der Waals surface area contributed by atoms with Gasteiger partial charge in [0.15, 0.2) is 11.5 Å². The molecule has 6 rings (SSSR count). The summed E-state index contributed by atoms with van der Waals surface area (Å²) in [5.41, 5.74) is 5.64. The van der Waals surface area contributed by atoms with Crippen LogP contribution in [-0.4, -0.2) is 17.5 Å². The van der Waals surface area contributed by atoms with Gasteiger partial charge in [-0.3, -0.25) is 0 Å². The summed E-state index contributed by atoms with van der Waals surface area (Å²) in [5, 5.41) is 7.17. The number of ether oxygens (including phenoxy) is 3. The summed E-state index contributed by atoms with van der Waals surface area (Å²) in [6, 6.07) is 21.1.